The van der Waals surface area contributed by atoms with Crippen LogP contribution in [0.5, 0.6) is 0 Å². The molecule has 114 valence electrons. The summed E-state index contributed by atoms with van der Waals surface area (Å²) >= 11 is 0. The van der Waals surface area contributed by atoms with E-state index >= 15 is 0 Å². The largest absolute Gasteiger partial charge is 0.204 e. The van der Waals surface area contributed by atoms with Gasteiger partial charge in [-0.1, -0.05) is 37.6 Å². The van der Waals surface area contributed by atoms with Gasteiger partial charge in [0.25, 0.3) is 0 Å². The third kappa shape index (κ3) is 2.80. The van der Waals surface area contributed by atoms with Gasteiger partial charge in [0.05, 0.1) is 0 Å². The van der Waals surface area contributed by atoms with Gasteiger partial charge < -0.3 is 0 Å². The van der Waals surface area contributed by atoms with Gasteiger partial charge >= 0.3 is 0 Å². The highest BCUT2D eigenvalue weighted by Gasteiger charge is 2.16. The molecule has 0 fully saturated rings. The molecular weight excluding hydrogens is 285 g/mol. The molecule has 0 unspecified atom stereocenters. The summed E-state index contributed by atoms with van der Waals surface area (Å²) in [4.78, 5) is 0. The summed E-state index contributed by atoms with van der Waals surface area (Å²) in [5, 5.41) is 0. The van der Waals surface area contributed by atoms with Gasteiger partial charge in [-0.15, -0.1) is 0 Å². The van der Waals surface area contributed by atoms with E-state index < -0.39 is 17.5 Å². The van der Waals surface area contributed by atoms with Crippen LogP contribution in [0.1, 0.15) is 42.0 Å². The van der Waals surface area contributed by atoms with Crippen molar-refractivity contribution in [1.82, 2.24) is 0 Å². The van der Waals surface area contributed by atoms with Crippen molar-refractivity contribution in [3.8, 4) is 0 Å². The molecule has 0 heterocycles. The van der Waals surface area contributed by atoms with Crippen molar-refractivity contribution in [3.63, 3.8) is 0 Å². The molecule has 1 aliphatic rings. The number of allylic oxidation sites excluding steroid dienone is 1. The van der Waals surface area contributed by atoms with Gasteiger partial charge in [0, 0.05) is 0 Å². The van der Waals surface area contributed by atoms with E-state index in [1.165, 1.54) is 11.1 Å². The van der Waals surface area contributed by atoms with Gasteiger partial charge in [-0.05, 0) is 59.2 Å². The molecule has 22 heavy (non-hydrogen) atoms. The zero-order chi connectivity index (χ0) is 15.7. The van der Waals surface area contributed by atoms with E-state index in [1.54, 1.807) is 0 Å². The SMILES string of the molecule is CCCc1ccc2c(c1)CCC(c1cc(F)c(F)c(F)c1)=C2. The third-order valence-corrected chi connectivity index (χ3v) is 4.09. The van der Waals surface area contributed by atoms with Crippen molar-refractivity contribution in [2.24, 2.45) is 0 Å². The molecule has 0 aliphatic heterocycles. The Balaban J connectivity index is 1.97. The minimum atomic E-state index is -1.41. The molecule has 3 rings (SSSR count). The van der Waals surface area contributed by atoms with Gasteiger partial charge in [0.2, 0.25) is 0 Å². The van der Waals surface area contributed by atoms with Crippen molar-refractivity contribution in [2.45, 2.75) is 32.6 Å². The highest BCUT2D eigenvalue weighted by Crippen LogP contribution is 2.32. The van der Waals surface area contributed by atoms with E-state index in [0.29, 0.717) is 12.0 Å². The van der Waals surface area contributed by atoms with Crippen molar-refractivity contribution >= 4 is 11.6 Å². The summed E-state index contributed by atoms with van der Waals surface area (Å²) in [6, 6.07) is 8.49. The van der Waals surface area contributed by atoms with Crippen LogP contribution in [-0.4, -0.2) is 0 Å². The van der Waals surface area contributed by atoms with E-state index in [1.807, 2.05) is 6.08 Å². The molecule has 0 radical (unpaired) electrons. The summed E-state index contributed by atoms with van der Waals surface area (Å²) < 4.78 is 39.8. The van der Waals surface area contributed by atoms with Crippen LogP contribution >= 0.6 is 0 Å². The first-order valence-corrected chi connectivity index (χ1v) is 7.55. The Morgan fingerprint density at radius 3 is 2.36 bits per heavy atom. The molecule has 0 spiro atoms. The summed E-state index contributed by atoms with van der Waals surface area (Å²) in [5.74, 6) is -3.69. The van der Waals surface area contributed by atoms with Gasteiger partial charge in [-0.25, -0.2) is 13.2 Å². The predicted molar refractivity (Wildman–Crippen MR) is 82.9 cm³/mol. The molecule has 0 saturated heterocycles. The van der Waals surface area contributed by atoms with Crippen LogP contribution < -0.4 is 0 Å². The molecule has 2 aromatic rings. The van der Waals surface area contributed by atoms with Crippen molar-refractivity contribution in [3.05, 3.63) is 70.0 Å². The van der Waals surface area contributed by atoms with E-state index in [9.17, 15) is 13.2 Å². The molecule has 0 aromatic heterocycles. The zero-order valence-corrected chi connectivity index (χ0v) is 12.4. The minimum absolute atomic E-state index is 0.416. The number of fused-ring (bicyclic) bond motifs is 1. The maximum absolute atomic E-state index is 13.4. The van der Waals surface area contributed by atoms with Crippen molar-refractivity contribution < 1.29 is 13.2 Å². The molecule has 2 aromatic carbocycles. The summed E-state index contributed by atoms with van der Waals surface area (Å²) in [7, 11) is 0. The number of hydrogen-bond acceptors (Lipinski definition) is 0. The normalized spacial score (nSPS) is 13.7. The highest BCUT2D eigenvalue weighted by molar-refractivity contribution is 5.84. The van der Waals surface area contributed by atoms with Crippen LogP contribution in [0.4, 0.5) is 13.2 Å². The molecule has 0 amide bonds. The average molecular weight is 302 g/mol. The summed E-state index contributed by atoms with van der Waals surface area (Å²) in [5.41, 5.74) is 4.91. The Morgan fingerprint density at radius 2 is 1.68 bits per heavy atom. The van der Waals surface area contributed by atoms with E-state index in [2.05, 4.69) is 25.1 Å². The monoisotopic (exact) mass is 302 g/mol. The van der Waals surface area contributed by atoms with Crippen LogP contribution in [0.25, 0.3) is 11.6 Å². The number of halogens is 3. The average Bonchev–Trinajstić information content (AvgIpc) is 2.52. The van der Waals surface area contributed by atoms with Crippen LogP contribution in [0, 0.1) is 17.5 Å². The number of aryl methyl sites for hydroxylation is 2. The minimum Gasteiger partial charge on any atom is -0.204 e. The number of benzene rings is 2. The highest BCUT2D eigenvalue weighted by atomic mass is 19.2. The van der Waals surface area contributed by atoms with Crippen LogP contribution in [0.3, 0.4) is 0 Å². The first-order chi connectivity index (χ1) is 10.6. The van der Waals surface area contributed by atoms with Gasteiger partial charge in [0.1, 0.15) is 0 Å². The Hall–Kier alpha value is -2.03. The standard InChI is InChI=1S/C19H17F3/c1-2-3-12-4-5-14-9-15(7-6-13(14)8-12)16-10-17(20)19(22)18(21)11-16/h4-5,8-11H,2-3,6-7H2,1H3. The Labute approximate surface area is 128 Å². The summed E-state index contributed by atoms with van der Waals surface area (Å²) in [6.07, 6.45) is 5.64. The quantitative estimate of drug-likeness (QED) is 0.653. The van der Waals surface area contributed by atoms with E-state index in [4.69, 9.17) is 0 Å². The molecule has 0 atom stereocenters. The van der Waals surface area contributed by atoms with Crippen LogP contribution in [-0.2, 0) is 12.8 Å². The second kappa shape index (κ2) is 5.99. The molecule has 0 N–H and O–H groups in total. The maximum atomic E-state index is 13.4. The molecular formula is C19H17F3. The van der Waals surface area contributed by atoms with Crippen LogP contribution in [0.2, 0.25) is 0 Å². The fraction of sp³-hybridized carbons (Fsp3) is 0.263. The van der Waals surface area contributed by atoms with Crippen molar-refractivity contribution in [2.75, 3.05) is 0 Å². The molecule has 3 heteroatoms. The lowest BCUT2D eigenvalue weighted by atomic mass is 9.87. The first kappa shape index (κ1) is 14.9. The summed E-state index contributed by atoms with van der Waals surface area (Å²) in [6.45, 7) is 2.15. The smallest absolute Gasteiger partial charge is 0.194 e. The topological polar surface area (TPSA) is 0 Å². The molecule has 0 saturated carbocycles. The lowest BCUT2D eigenvalue weighted by Crippen LogP contribution is -2.02. The van der Waals surface area contributed by atoms with Crippen LogP contribution in [0.15, 0.2) is 30.3 Å². The third-order valence-electron chi connectivity index (χ3n) is 4.09. The number of rotatable bonds is 3. The Kier molecular flexibility index (Phi) is 4.06. The lowest BCUT2D eigenvalue weighted by molar-refractivity contribution is 0.446. The maximum Gasteiger partial charge on any atom is 0.194 e. The second-order valence-corrected chi connectivity index (χ2v) is 5.71. The molecule has 0 bridgehead atoms. The molecule has 1 aliphatic carbocycles. The fourth-order valence-corrected chi connectivity index (χ4v) is 2.96. The van der Waals surface area contributed by atoms with Gasteiger partial charge in [-0.3, -0.25) is 0 Å². The van der Waals surface area contributed by atoms with Gasteiger partial charge in [0.15, 0.2) is 17.5 Å². The fourth-order valence-electron chi connectivity index (χ4n) is 2.96. The zero-order valence-electron chi connectivity index (χ0n) is 12.4. The second-order valence-electron chi connectivity index (χ2n) is 5.71. The van der Waals surface area contributed by atoms with Crippen molar-refractivity contribution in [1.29, 1.82) is 0 Å². The Morgan fingerprint density at radius 1 is 0.955 bits per heavy atom. The lowest BCUT2D eigenvalue weighted by Gasteiger charge is -2.18. The predicted octanol–water partition coefficient (Wildman–Crippen LogP) is 5.54. The van der Waals surface area contributed by atoms with E-state index in [-0.39, 0.29) is 0 Å². The number of hydrogen-bond donors (Lipinski definition) is 0. The first-order valence-electron chi connectivity index (χ1n) is 7.55. The Bertz CT molecular complexity index is 721. The van der Waals surface area contributed by atoms with Gasteiger partial charge in [-0.2, -0.15) is 0 Å². The van der Waals surface area contributed by atoms with E-state index in [0.717, 1.165) is 42.5 Å². The molecule has 0 nitrogen and oxygen atoms in total.